The highest BCUT2D eigenvalue weighted by atomic mass is 16.6. The Morgan fingerprint density at radius 1 is 0.815 bits per heavy atom. The zero-order valence-electron chi connectivity index (χ0n) is 16.8. The second-order valence-corrected chi connectivity index (χ2v) is 8.10. The molecule has 0 aromatic carbocycles. The fourth-order valence-corrected chi connectivity index (χ4v) is 2.53. The standard InChI is InChI=1S/C17H28N2O8/c1-16(2,3)26-14(23)18-8-9-19(15(24)27-17(4,5)6)11(13(22)25-7)10(18)12(20)21/h10-11H,8-9H2,1-7H3,(H,20,21)/t10-,11-/m1/s1. The number of carboxylic acids is 1. The molecule has 1 saturated heterocycles. The average Bonchev–Trinajstić information content (AvgIpc) is 2.49. The number of esters is 1. The number of hydrogen-bond acceptors (Lipinski definition) is 7. The molecule has 0 unspecified atom stereocenters. The van der Waals surface area contributed by atoms with Gasteiger partial charge in [0.15, 0.2) is 12.1 Å². The molecule has 0 aromatic rings. The van der Waals surface area contributed by atoms with Crippen LogP contribution in [-0.4, -0.2) is 82.5 Å². The van der Waals surface area contributed by atoms with E-state index in [0.717, 1.165) is 16.9 Å². The molecule has 154 valence electrons. The van der Waals surface area contributed by atoms with Crippen LogP contribution in [-0.2, 0) is 23.8 Å². The summed E-state index contributed by atoms with van der Waals surface area (Å²) in [6.07, 6.45) is -1.76. The van der Waals surface area contributed by atoms with E-state index in [1.807, 2.05) is 0 Å². The number of methoxy groups -OCH3 is 1. The summed E-state index contributed by atoms with van der Waals surface area (Å²) in [5.74, 6) is -2.44. The van der Waals surface area contributed by atoms with Crippen molar-refractivity contribution in [2.24, 2.45) is 0 Å². The van der Waals surface area contributed by atoms with Crippen LogP contribution in [0.5, 0.6) is 0 Å². The smallest absolute Gasteiger partial charge is 0.411 e. The summed E-state index contributed by atoms with van der Waals surface area (Å²) in [6, 6.07) is -3.24. The Hall–Kier alpha value is -2.52. The minimum Gasteiger partial charge on any atom is -0.480 e. The Bertz CT molecular complexity index is 605. The van der Waals surface area contributed by atoms with E-state index in [2.05, 4.69) is 4.74 Å². The van der Waals surface area contributed by atoms with Crippen molar-refractivity contribution in [3.8, 4) is 0 Å². The highest BCUT2D eigenvalue weighted by Crippen LogP contribution is 2.24. The number of aliphatic carboxylic acids is 1. The molecule has 1 aliphatic heterocycles. The first kappa shape index (κ1) is 22.5. The van der Waals surface area contributed by atoms with Crippen molar-refractivity contribution in [3.05, 3.63) is 0 Å². The van der Waals surface area contributed by atoms with Crippen LogP contribution in [0.1, 0.15) is 41.5 Å². The third-order valence-corrected chi connectivity index (χ3v) is 3.50. The quantitative estimate of drug-likeness (QED) is 0.557. The number of carboxylic acid groups (broad SMARTS) is 1. The first-order valence-electron chi connectivity index (χ1n) is 8.48. The van der Waals surface area contributed by atoms with Gasteiger partial charge in [-0.1, -0.05) is 0 Å². The predicted octanol–water partition coefficient (Wildman–Crippen LogP) is 1.47. The SMILES string of the molecule is COC(=O)[C@H]1[C@H](C(=O)O)N(C(=O)OC(C)(C)C)CCN1C(=O)OC(C)(C)C. The van der Waals surface area contributed by atoms with E-state index in [0.29, 0.717) is 0 Å². The minimum absolute atomic E-state index is 0.113. The fraction of sp³-hybridized carbons (Fsp3) is 0.765. The Morgan fingerprint density at radius 3 is 1.48 bits per heavy atom. The van der Waals surface area contributed by atoms with Crippen LogP contribution < -0.4 is 0 Å². The zero-order chi connectivity index (χ0) is 21.2. The number of ether oxygens (including phenoxy) is 3. The van der Waals surface area contributed by atoms with Crippen molar-refractivity contribution in [2.75, 3.05) is 20.2 Å². The van der Waals surface area contributed by atoms with Crippen LogP contribution in [0.3, 0.4) is 0 Å². The molecule has 0 radical (unpaired) electrons. The average molecular weight is 388 g/mol. The van der Waals surface area contributed by atoms with Crippen molar-refractivity contribution in [1.82, 2.24) is 9.80 Å². The number of carbonyl (C=O) groups excluding carboxylic acids is 3. The molecule has 1 heterocycles. The Morgan fingerprint density at radius 2 is 1.19 bits per heavy atom. The maximum absolute atomic E-state index is 12.5. The topological polar surface area (TPSA) is 123 Å². The molecule has 1 fully saturated rings. The molecule has 27 heavy (non-hydrogen) atoms. The van der Waals surface area contributed by atoms with Crippen molar-refractivity contribution < 1.29 is 38.5 Å². The van der Waals surface area contributed by atoms with Gasteiger partial charge in [0.05, 0.1) is 7.11 Å². The van der Waals surface area contributed by atoms with Crippen molar-refractivity contribution >= 4 is 24.1 Å². The summed E-state index contributed by atoms with van der Waals surface area (Å²) < 4.78 is 15.2. The number of amides is 2. The van der Waals surface area contributed by atoms with Crippen LogP contribution in [0, 0.1) is 0 Å². The van der Waals surface area contributed by atoms with Crippen LogP contribution >= 0.6 is 0 Å². The largest absolute Gasteiger partial charge is 0.480 e. The van der Waals surface area contributed by atoms with Gasteiger partial charge < -0.3 is 19.3 Å². The van der Waals surface area contributed by atoms with Gasteiger partial charge in [-0.3, -0.25) is 9.80 Å². The van der Waals surface area contributed by atoms with Gasteiger partial charge in [0.1, 0.15) is 11.2 Å². The predicted molar refractivity (Wildman–Crippen MR) is 93.1 cm³/mol. The first-order valence-corrected chi connectivity index (χ1v) is 8.48. The van der Waals surface area contributed by atoms with Crippen molar-refractivity contribution in [3.63, 3.8) is 0 Å². The van der Waals surface area contributed by atoms with Gasteiger partial charge in [-0.05, 0) is 41.5 Å². The van der Waals surface area contributed by atoms with Crippen LogP contribution in [0.4, 0.5) is 9.59 Å². The lowest BCUT2D eigenvalue weighted by Crippen LogP contribution is -2.68. The van der Waals surface area contributed by atoms with Gasteiger partial charge in [-0.25, -0.2) is 19.2 Å². The van der Waals surface area contributed by atoms with Crippen LogP contribution in [0.25, 0.3) is 0 Å². The summed E-state index contributed by atoms with van der Waals surface area (Å²) in [6.45, 7) is 9.58. The molecule has 0 aliphatic carbocycles. The maximum atomic E-state index is 12.5. The molecular weight excluding hydrogens is 360 g/mol. The van der Waals surface area contributed by atoms with Gasteiger partial charge in [-0.2, -0.15) is 0 Å². The second-order valence-electron chi connectivity index (χ2n) is 8.10. The summed E-state index contributed by atoms with van der Waals surface area (Å²) >= 11 is 0. The second kappa shape index (κ2) is 8.01. The van der Waals surface area contributed by atoms with E-state index >= 15 is 0 Å². The van der Waals surface area contributed by atoms with Crippen molar-refractivity contribution in [1.29, 1.82) is 0 Å². The summed E-state index contributed by atoms with van der Waals surface area (Å²) in [7, 11) is 1.07. The van der Waals surface area contributed by atoms with Gasteiger partial charge in [0.25, 0.3) is 0 Å². The number of piperazine rings is 1. The Kier molecular flexibility index (Phi) is 6.68. The van der Waals surface area contributed by atoms with E-state index in [1.165, 1.54) is 0 Å². The van der Waals surface area contributed by atoms with Gasteiger partial charge >= 0.3 is 24.1 Å². The van der Waals surface area contributed by atoms with E-state index in [-0.39, 0.29) is 13.1 Å². The van der Waals surface area contributed by atoms with Gasteiger partial charge in [0.2, 0.25) is 0 Å². The fourth-order valence-electron chi connectivity index (χ4n) is 2.53. The number of nitrogens with zero attached hydrogens (tertiary/aromatic N) is 2. The summed E-state index contributed by atoms with van der Waals surface area (Å²) in [5.41, 5.74) is -1.71. The molecule has 0 aromatic heterocycles. The summed E-state index contributed by atoms with van der Waals surface area (Å²) in [5, 5.41) is 9.67. The molecule has 1 aliphatic rings. The Labute approximate surface area is 158 Å². The maximum Gasteiger partial charge on any atom is 0.411 e. The highest BCUT2D eigenvalue weighted by molar-refractivity contribution is 5.92. The van der Waals surface area contributed by atoms with E-state index in [9.17, 15) is 24.3 Å². The normalized spacial score (nSPS) is 20.7. The summed E-state index contributed by atoms with van der Waals surface area (Å²) in [4.78, 5) is 51.0. The van der Waals surface area contributed by atoms with E-state index in [1.54, 1.807) is 41.5 Å². The Balaban J connectivity index is 3.25. The monoisotopic (exact) mass is 388 g/mol. The molecule has 0 saturated carbocycles. The molecule has 1 N–H and O–H groups in total. The van der Waals surface area contributed by atoms with E-state index in [4.69, 9.17) is 9.47 Å². The third-order valence-electron chi connectivity index (χ3n) is 3.50. The number of hydrogen-bond donors (Lipinski definition) is 1. The molecule has 2 amide bonds. The molecule has 10 heteroatoms. The van der Waals surface area contributed by atoms with Gasteiger partial charge in [-0.15, -0.1) is 0 Å². The van der Waals surface area contributed by atoms with E-state index < -0.39 is 47.4 Å². The van der Waals surface area contributed by atoms with Gasteiger partial charge in [0, 0.05) is 13.1 Å². The number of rotatable bonds is 2. The molecule has 0 spiro atoms. The van der Waals surface area contributed by atoms with Crippen molar-refractivity contribution in [2.45, 2.75) is 64.8 Å². The molecule has 10 nitrogen and oxygen atoms in total. The minimum atomic E-state index is -1.67. The lowest BCUT2D eigenvalue weighted by Gasteiger charge is -2.44. The first-order chi connectivity index (χ1) is 12.2. The molecule has 2 atom stereocenters. The molecule has 0 bridgehead atoms. The lowest BCUT2D eigenvalue weighted by molar-refractivity contribution is -0.161. The zero-order valence-corrected chi connectivity index (χ0v) is 16.8. The lowest BCUT2D eigenvalue weighted by atomic mass is 10.0. The highest BCUT2D eigenvalue weighted by Gasteiger charge is 2.51. The van der Waals surface area contributed by atoms with Crippen LogP contribution in [0.15, 0.2) is 0 Å². The molecule has 1 rings (SSSR count). The third kappa shape index (κ3) is 6.00. The molecular formula is C17H28N2O8. The van der Waals surface area contributed by atoms with Crippen LogP contribution in [0.2, 0.25) is 0 Å². The number of carbonyl (C=O) groups is 4.